The summed E-state index contributed by atoms with van der Waals surface area (Å²) in [7, 11) is 3.47. The highest BCUT2D eigenvalue weighted by Gasteiger charge is 2.23. The number of aliphatic carboxylic acids is 1. The Morgan fingerprint density at radius 2 is 1.72 bits per heavy atom. The van der Waals surface area contributed by atoms with Crippen LogP contribution in [0.5, 0.6) is 0 Å². The van der Waals surface area contributed by atoms with E-state index >= 15 is 0 Å². The third kappa shape index (κ3) is 2.97. The average Bonchev–Trinajstić information content (AvgIpc) is 2.35. The van der Waals surface area contributed by atoms with Crippen LogP contribution in [0, 0.1) is 0 Å². The van der Waals surface area contributed by atoms with Crippen LogP contribution < -0.4 is 0 Å². The molecule has 1 aromatic carbocycles. The molecule has 0 aromatic heterocycles. The second kappa shape index (κ2) is 6.00. The van der Waals surface area contributed by atoms with Crippen LogP contribution in [0.1, 0.15) is 23.7 Å². The number of hydrogen-bond donors (Lipinski definition) is 1. The first-order valence-corrected chi connectivity index (χ1v) is 5.72. The largest absolute Gasteiger partial charge is 0.477 e. The van der Waals surface area contributed by atoms with Gasteiger partial charge in [0.25, 0.3) is 0 Å². The van der Waals surface area contributed by atoms with E-state index in [1.807, 2.05) is 6.92 Å². The molecule has 0 heterocycles. The van der Waals surface area contributed by atoms with Crippen molar-refractivity contribution in [2.24, 2.45) is 0 Å². The molecule has 96 valence electrons. The summed E-state index contributed by atoms with van der Waals surface area (Å²) in [5.41, 5.74) is 0.757. The number of allylic oxidation sites excluding steroid dienone is 1. The SMILES string of the molecule is CC/C(=C(/C(=O)O)C(=O)c1ccccc1)N(C)C. The molecular formula is C14H17NO3. The van der Waals surface area contributed by atoms with E-state index in [0.29, 0.717) is 17.7 Å². The maximum absolute atomic E-state index is 12.2. The van der Waals surface area contributed by atoms with Crippen molar-refractivity contribution in [3.8, 4) is 0 Å². The van der Waals surface area contributed by atoms with Gasteiger partial charge in [-0.1, -0.05) is 37.3 Å². The number of hydrogen-bond acceptors (Lipinski definition) is 3. The van der Waals surface area contributed by atoms with E-state index < -0.39 is 11.8 Å². The van der Waals surface area contributed by atoms with Crippen molar-refractivity contribution in [2.75, 3.05) is 14.1 Å². The van der Waals surface area contributed by atoms with Crippen LogP contribution >= 0.6 is 0 Å². The Kier molecular flexibility index (Phi) is 4.66. The van der Waals surface area contributed by atoms with Crippen molar-refractivity contribution >= 4 is 11.8 Å². The van der Waals surface area contributed by atoms with Crippen molar-refractivity contribution in [1.82, 2.24) is 4.90 Å². The highest BCUT2D eigenvalue weighted by atomic mass is 16.4. The van der Waals surface area contributed by atoms with Crippen molar-refractivity contribution in [3.63, 3.8) is 0 Å². The smallest absolute Gasteiger partial charge is 0.341 e. The number of rotatable bonds is 5. The van der Waals surface area contributed by atoms with Crippen LogP contribution in [-0.2, 0) is 4.79 Å². The van der Waals surface area contributed by atoms with E-state index in [1.165, 1.54) is 0 Å². The highest BCUT2D eigenvalue weighted by Crippen LogP contribution is 2.17. The first-order chi connectivity index (χ1) is 8.49. The predicted octanol–water partition coefficient (Wildman–Crippen LogP) is 2.18. The highest BCUT2D eigenvalue weighted by molar-refractivity contribution is 6.24. The lowest BCUT2D eigenvalue weighted by atomic mass is 10.0. The molecule has 0 bridgehead atoms. The lowest BCUT2D eigenvalue weighted by Crippen LogP contribution is -2.22. The summed E-state index contributed by atoms with van der Waals surface area (Å²) in [6.45, 7) is 1.83. The molecular weight excluding hydrogens is 230 g/mol. The van der Waals surface area contributed by atoms with Crippen LogP contribution in [0.25, 0.3) is 0 Å². The van der Waals surface area contributed by atoms with Crippen LogP contribution in [0.15, 0.2) is 41.6 Å². The molecule has 0 amide bonds. The summed E-state index contributed by atoms with van der Waals surface area (Å²) < 4.78 is 0. The maximum atomic E-state index is 12.2. The minimum atomic E-state index is -1.19. The van der Waals surface area contributed by atoms with Gasteiger partial charge in [0.2, 0.25) is 5.78 Å². The van der Waals surface area contributed by atoms with Gasteiger partial charge in [0.05, 0.1) is 0 Å². The van der Waals surface area contributed by atoms with Crippen molar-refractivity contribution in [2.45, 2.75) is 13.3 Å². The first-order valence-electron chi connectivity index (χ1n) is 5.72. The van der Waals surface area contributed by atoms with Crippen molar-refractivity contribution in [1.29, 1.82) is 0 Å². The second-order valence-corrected chi connectivity index (χ2v) is 4.07. The number of nitrogens with zero attached hydrogens (tertiary/aromatic N) is 1. The van der Waals surface area contributed by atoms with Gasteiger partial charge < -0.3 is 10.0 Å². The van der Waals surface area contributed by atoms with Crippen molar-refractivity contribution in [3.05, 3.63) is 47.2 Å². The van der Waals surface area contributed by atoms with Crippen molar-refractivity contribution < 1.29 is 14.7 Å². The fourth-order valence-electron chi connectivity index (χ4n) is 1.80. The normalized spacial score (nSPS) is 11.7. The lowest BCUT2D eigenvalue weighted by Gasteiger charge is -2.18. The Balaban J connectivity index is 3.31. The monoisotopic (exact) mass is 247 g/mol. The third-order valence-electron chi connectivity index (χ3n) is 2.64. The number of carboxylic acid groups (broad SMARTS) is 1. The lowest BCUT2D eigenvalue weighted by molar-refractivity contribution is -0.132. The molecule has 0 radical (unpaired) electrons. The van der Waals surface area contributed by atoms with Gasteiger partial charge in [-0.05, 0) is 6.42 Å². The molecule has 4 heteroatoms. The third-order valence-corrected chi connectivity index (χ3v) is 2.64. The first kappa shape index (κ1) is 14.0. The van der Waals surface area contributed by atoms with Gasteiger partial charge in [-0.25, -0.2) is 4.79 Å². The molecule has 18 heavy (non-hydrogen) atoms. The standard InChI is InChI=1S/C14H17NO3/c1-4-11(15(2)3)12(14(17)18)13(16)10-8-6-5-7-9-10/h5-9H,4H2,1-3H3,(H,17,18)/b12-11-. The molecule has 1 aromatic rings. The van der Waals surface area contributed by atoms with Gasteiger partial charge in [-0.2, -0.15) is 0 Å². The van der Waals surface area contributed by atoms with Crippen LogP contribution in [0.2, 0.25) is 0 Å². The van der Waals surface area contributed by atoms with Crippen LogP contribution in [0.3, 0.4) is 0 Å². The van der Waals surface area contributed by atoms with E-state index in [9.17, 15) is 14.7 Å². The zero-order valence-electron chi connectivity index (χ0n) is 10.8. The van der Waals surface area contributed by atoms with Gasteiger partial charge in [0.15, 0.2) is 0 Å². The van der Waals surface area contributed by atoms with Crippen LogP contribution in [-0.4, -0.2) is 35.9 Å². The number of carbonyl (C=O) groups excluding carboxylic acids is 1. The van der Waals surface area contributed by atoms with Gasteiger partial charge in [-0.15, -0.1) is 0 Å². The zero-order chi connectivity index (χ0) is 13.7. The summed E-state index contributed by atoms with van der Waals surface area (Å²) in [4.78, 5) is 25.2. The average molecular weight is 247 g/mol. The maximum Gasteiger partial charge on any atom is 0.341 e. The van der Waals surface area contributed by atoms with E-state index in [1.54, 1.807) is 49.3 Å². The summed E-state index contributed by atoms with van der Waals surface area (Å²) in [5.74, 6) is -1.64. The summed E-state index contributed by atoms with van der Waals surface area (Å²) in [6.07, 6.45) is 0.493. The minimum Gasteiger partial charge on any atom is -0.477 e. The van der Waals surface area contributed by atoms with Gasteiger partial charge in [0, 0.05) is 25.4 Å². The topological polar surface area (TPSA) is 57.6 Å². The Bertz CT molecular complexity index is 475. The molecule has 0 fully saturated rings. The van der Waals surface area contributed by atoms with E-state index in [0.717, 1.165) is 0 Å². The predicted molar refractivity (Wildman–Crippen MR) is 69.4 cm³/mol. The zero-order valence-corrected chi connectivity index (χ0v) is 10.8. The molecule has 0 aliphatic heterocycles. The molecule has 0 saturated carbocycles. The van der Waals surface area contributed by atoms with E-state index in [-0.39, 0.29) is 5.57 Å². The molecule has 0 unspecified atom stereocenters. The molecule has 0 aliphatic rings. The molecule has 4 nitrogen and oxygen atoms in total. The molecule has 0 aliphatic carbocycles. The Morgan fingerprint density at radius 1 is 1.17 bits per heavy atom. The number of Topliss-reactive ketones (excluding diaryl/α,β-unsaturated/α-hetero) is 1. The van der Waals surface area contributed by atoms with E-state index in [2.05, 4.69) is 0 Å². The van der Waals surface area contributed by atoms with Crippen LogP contribution in [0.4, 0.5) is 0 Å². The quantitative estimate of drug-likeness (QED) is 0.375. The van der Waals surface area contributed by atoms with E-state index in [4.69, 9.17) is 0 Å². The molecule has 1 N–H and O–H groups in total. The molecule has 1 rings (SSSR count). The summed E-state index contributed by atoms with van der Waals surface area (Å²) in [5, 5.41) is 9.25. The van der Waals surface area contributed by atoms with Gasteiger partial charge >= 0.3 is 5.97 Å². The number of benzene rings is 1. The fourth-order valence-corrected chi connectivity index (χ4v) is 1.80. The second-order valence-electron chi connectivity index (χ2n) is 4.07. The fraction of sp³-hybridized carbons (Fsp3) is 0.286. The number of carbonyl (C=O) groups is 2. The Morgan fingerprint density at radius 3 is 2.11 bits per heavy atom. The number of carboxylic acids is 1. The van der Waals surface area contributed by atoms with Gasteiger partial charge in [-0.3, -0.25) is 4.79 Å². The summed E-state index contributed by atoms with van der Waals surface area (Å²) in [6, 6.07) is 8.46. The number of ketones is 1. The minimum absolute atomic E-state index is 0.159. The summed E-state index contributed by atoms with van der Waals surface area (Å²) >= 11 is 0. The van der Waals surface area contributed by atoms with Gasteiger partial charge in [0.1, 0.15) is 5.57 Å². The molecule has 0 saturated heterocycles. The molecule has 0 atom stereocenters. The Labute approximate surface area is 107 Å². The Hall–Kier alpha value is -2.10. The molecule has 0 spiro atoms.